The number of hydrogen-bond acceptors (Lipinski definition) is 5. The van der Waals surface area contributed by atoms with Crippen LogP contribution >= 0.6 is 0 Å². The summed E-state index contributed by atoms with van der Waals surface area (Å²) < 4.78 is 5.20. The van der Waals surface area contributed by atoms with E-state index in [1.807, 2.05) is 0 Å². The van der Waals surface area contributed by atoms with E-state index in [1.165, 1.54) is 24.3 Å². The van der Waals surface area contributed by atoms with Crippen molar-refractivity contribution >= 4 is 11.9 Å². The van der Waals surface area contributed by atoms with Gasteiger partial charge in [0.1, 0.15) is 11.7 Å². The molecule has 0 fully saturated rings. The Morgan fingerprint density at radius 2 is 1.67 bits per heavy atom. The third-order valence-electron chi connectivity index (χ3n) is 2.64. The zero-order chi connectivity index (χ0) is 16.2. The number of esters is 1. The number of carboxylic acids is 1. The van der Waals surface area contributed by atoms with Gasteiger partial charge in [0.2, 0.25) is 0 Å². The van der Waals surface area contributed by atoms with Crippen LogP contribution in [0.3, 0.4) is 0 Å². The van der Waals surface area contributed by atoms with Gasteiger partial charge in [-0.1, -0.05) is 12.1 Å². The Kier molecular flexibility index (Phi) is 5.46. The predicted molar refractivity (Wildman–Crippen MR) is 74.8 cm³/mol. The Morgan fingerprint density at radius 3 is 2.10 bits per heavy atom. The summed E-state index contributed by atoms with van der Waals surface area (Å²) in [5.74, 6) is -1.69. The topological polar surface area (TPSA) is 104 Å². The van der Waals surface area contributed by atoms with Gasteiger partial charge in [0.05, 0.1) is 18.1 Å². The van der Waals surface area contributed by atoms with Crippen LogP contribution in [0.25, 0.3) is 0 Å². The first kappa shape index (κ1) is 17.1. The predicted octanol–water partition coefficient (Wildman–Crippen LogP) is 1.51. The molecule has 0 saturated heterocycles. The minimum absolute atomic E-state index is 0.314. The Labute approximate surface area is 123 Å². The Hall–Kier alpha value is -1.92. The molecule has 1 aromatic rings. The normalized spacial score (nSPS) is 14.3. The van der Waals surface area contributed by atoms with E-state index in [0.717, 1.165) is 0 Å². The number of aliphatic carboxylic acids is 1. The lowest BCUT2D eigenvalue weighted by molar-refractivity contribution is -0.141. The van der Waals surface area contributed by atoms with E-state index < -0.39 is 36.2 Å². The van der Waals surface area contributed by atoms with E-state index in [1.54, 1.807) is 20.8 Å². The SMILES string of the molecule is CC(C)(C)OC(=O)c1ccc(C(O)C(O)CC(=O)O)cc1. The zero-order valence-electron chi connectivity index (χ0n) is 12.2. The highest BCUT2D eigenvalue weighted by molar-refractivity contribution is 5.89. The first-order valence-electron chi connectivity index (χ1n) is 6.51. The van der Waals surface area contributed by atoms with Gasteiger partial charge in [0.25, 0.3) is 0 Å². The zero-order valence-corrected chi connectivity index (χ0v) is 12.2. The fourth-order valence-electron chi connectivity index (χ4n) is 1.67. The van der Waals surface area contributed by atoms with Gasteiger partial charge in [-0.3, -0.25) is 4.79 Å². The van der Waals surface area contributed by atoms with Crippen LogP contribution in [0.4, 0.5) is 0 Å². The molecule has 6 nitrogen and oxygen atoms in total. The van der Waals surface area contributed by atoms with Crippen molar-refractivity contribution in [2.24, 2.45) is 0 Å². The molecule has 2 atom stereocenters. The number of ether oxygens (including phenoxy) is 1. The van der Waals surface area contributed by atoms with Crippen molar-refractivity contribution in [2.75, 3.05) is 0 Å². The highest BCUT2D eigenvalue weighted by Crippen LogP contribution is 2.20. The van der Waals surface area contributed by atoms with Crippen LogP contribution in [0.2, 0.25) is 0 Å². The van der Waals surface area contributed by atoms with Crippen LogP contribution in [-0.2, 0) is 9.53 Å². The highest BCUT2D eigenvalue weighted by atomic mass is 16.6. The number of aliphatic hydroxyl groups is 2. The van der Waals surface area contributed by atoms with E-state index in [-0.39, 0.29) is 0 Å². The summed E-state index contributed by atoms with van der Waals surface area (Å²) in [6.07, 6.45) is -3.29. The van der Waals surface area contributed by atoms with Crippen molar-refractivity contribution in [1.82, 2.24) is 0 Å². The van der Waals surface area contributed by atoms with E-state index in [0.29, 0.717) is 11.1 Å². The molecule has 0 bridgehead atoms. The molecule has 6 heteroatoms. The van der Waals surface area contributed by atoms with Gasteiger partial charge in [0, 0.05) is 0 Å². The van der Waals surface area contributed by atoms with Gasteiger partial charge in [-0.2, -0.15) is 0 Å². The lowest BCUT2D eigenvalue weighted by atomic mass is 10.0. The molecule has 0 spiro atoms. The number of benzene rings is 1. The lowest BCUT2D eigenvalue weighted by Gasteiger charge is -2.20. The second-order valence-corrected chi connectivity index (χ2v) is 5.73. The molecule has 0 radical (unpaired) electrons. The molecule has 21 heavy (non-hydrogen) atoms. The molecule has 0 heterocycles. The van der Waals surface area contributed by atoms with Crippen LogP contribution in [0, 0.1) is 0 Å². The molecule has 1 rings (SSSR count). The standard InChI is InChI=1S/C15H20O6/c1-15(2,3)21-14(20)10-6-4-9(5-7-10)13(19)11(16)8-12(17)18/h4-7,11,13,16,19H,8H2,1-3H3,(H,17,18). The Morgan fingerprint density at radius 1 is 1.14 bits per heavy atom. The van der Waals surface area contributed by atoms with Gasteiger partial charge < -0.3 is 20.1 Å². The second-order valence-electron chi connectivity index (χ2n) is 5.73. The number of carboxylic acid groups (broad SMARTS) is 1. The van der Waals surface area contributed by atoms with Crippen LogP contribution in [0.15, 0.2) is 24.3 Å². The molecule has 0 aliphatic carbocycles. The first-order chi connectivity index (χ1) is 9.60. The van der Waals surface area contributed by atoms with Crippen LogP contribution < -0.4 is 0 Å². The van der Waals surface area contributed by atoms with Gasteiger partial charge >= 0.3 is 11.9 Å². The fraction of sp³-hybridized carbons (Fsp3) is 0.467. The van der Waals surface area contributed by atoms with Crippen molar-refractivity contribution in [3.8, 4) is 0 Å². The van der Waals surface area contributed by atoms with Crippen molar-refractivity contribution in [3.05, 3.63) is 35.4 Å². The average Bonchev–Trinajstić information content (AvgIpc) is 2.35. The summed E-state index contributed by atoms with van der Waals surface area (Å²) in [6, 6.07) is 5.82. The monoisotopic (exact) mass is 296 g/mol. The van der Waals surface area contributed by atoms with Crippen LogP contribution in [-0.4, -0.2) is 39.0 Å². The Bertz CT molecular complexity index is 500. The van der Waals surface area contributed by atoms with E-state index in [2.05, 4.69) is 0 Å². The molecule has 0 saturated carbocycles. The summed E-state index contributed by atoms with van der Waals surface area (Å²) in [6.45, 7) is 5.27. The van der Waals surface area contributed by atoms with Crippen molar-refractivity contribution in [3.63, 3.8) is 0 Å². The average molecular weight is 296 g/mol. The van der Waals surface area contributed by atoms with Crippen molar-refractivity contribution in [2.45, 2.75) is 45.0 Å². The first-order valence-corrected chi connectivity index (χ1v) is 6.51. The second kappa shape index (κ2) is 6.69. The Balaban J connectivity index is 2.78. The number of hydrogen-bond donors (Lipinski definition) is 3. The molecule has 2 unspecified atom stereocenters. The molecule has 3 N–H and O–H groups in total. The maximum absolute atomic E-state index is 11.8. The summed E-state index contributed by atoms with van der Waals surface area (Å²) in [4.78, 5) is 22.3. The minimum Gasteiger partial charge on any atom is -0.481 e. The summed E-state index contributed by atoms with van der Waals surface area (Å²) in [5, 5.41) is 27.9. The molecule has 0 aromatic heterocycles. The number of aliphatic hydroxyl groups excluding tert-OH is 2. The van der Waals surface area contributed by atoms with Crippen LogP contribution in [0.5, 0.6) is 0 Å². The molecule has 116 valence electrons. The number of carbonyl (C=O) groups excluding carboxylic acids is 1. The highest BCUT2D eigenvalue weighted by Gasteiger charge is 2.22. The summed E-state index contributed by atoms with van der Waals surface area (Å²) in [5.41, 5.74) is 0.0390. The lowest BCUT2D eigenvalue weighted by Crippen LogP contribution is -2.24. The van der Waals surface area contributed by atoms with Crippen molar-refractivity contribution in [1.29, 1.82) is 0 Å². The molecule has 0 aliphatic heterocycles. The quantitative estimate of drug-likeness (QED) is 0.711. The van der Waals surface area contributed by atoms with E-state index in [4.69, 9.17) is 9.84 Å². The van der Waals surface area contributed by atoms with Crippen LogP contribution in [0.1, 0.15) is 49.2 Å². The smallest absolute Gasteiger partial charge is 0.338 e. The third-order valence-corrected chi connectivity index (χ3v) is 2.64. The summed E-state index contributed by atoms with van der Waals surface area (Å²) >= 11 is 0. The number of carbonyl (C=O) groups is 2. The largest absolute Gasteiger partial charge is 0.481 e. The van der Waals surface area contributed by atoms with Gasteiger partial charge in [0.15, 0.2) is 0 Å². The maximum atomic E-state index is 11.8. The molecule has 1 aromatic carbocycles. The molecule has 0 aliphatic rings. The van der Waals surface area contributed by atoms with Crippen molar-refractivity contribution < 1.29 is 29.6 Å². The molecule has 0 amide bonds. The minimum atomic E-state index is -1.41. The maximum Gasteiger partial charge on any atom is 0.338 e. The summed E-state index contributed by atoms with van der Waals surface area (Å²) in [7, 11) is 0. The van der Waals surface area contributed by atoms with Gasteiger partial charge in [-0.15, -0.1) is 0 Å². The number of rotatable bonds is 5. The molecular weight excluding hydrogens is 276 g/mol. The fourth-order valence-corrected chi connectivity index (χ4v) is 1.67. The third kappa shape index (κ3) is 5.53. The van der Waals surface area contributed by atoms with Gasteiger partial charge in [-0.05, 0) is 38.5 Å². The molecular formula is C15H20O6. The van der Waals surface area contributed by atoms with E-state index >= 15 is 0 Å². The van der Waals surface area contributed by atoms with E-state index in [9.17, 15) is 19.8 Å². The van der Waals surface area contributed by atoms with Gasteiger partial charge in [-0.25, -0.2) is 4.79 Å².